The molecule has 0 spiro atoms. The van der Waals surface area contributed by atoms with Gasteiger partial charge in [0.1, 0.15) is 0 Å². The van der Waals surface area contributed by atoms with Gasteiger partial charge in [-0.15, -0.1) is 0 Å². The molecule has 1 aromatic rings. The van der Waals surface area contributed by atoms with Crippen LogP contribution in [0.2, 0.25) is 0 Å². The third-order valence-electron chi connectivity index (χ3n) is 3.64. The third-order valence-corrected chi connectivity index (χ3v) is 3.64. The van der Waals surface area contributed by atoms with Crippen molar-refractivity contribution in [1.82, 2.24) is 9.78 Å². The number of aliphatic hydroxyl groups is 1. The lowest BCUT2D eigenvalue weighted by atomic mass is 10.0. The predicted molar refractivity (Wildman–Crippen MR) is 72.7 cm³/mol. The molecule has 0 aliphatic rings. The van der Waals surface area contributed by atoms with Gasteiger partial charge in [-0.25, -0.2) is 0 Å². The van der Waals surface area contributed by atoms with Crippen LogP contribution in [0.5, 0.6) is 0 Å². The van der Waals surface area contributed by atoms with E-state index in [1.54, 1.807) is 7.11 Å². The van der Waals surface area contributed by atoms with Crippen LogP contribution >= 0.6 is 0 Å². The van der Waals surface area contributed by atoms with Gasteiger partial charge < -0.3 is 9.84 Å². The smallest absolute Gasteiger partial charge is 0.0823 e. The van der Waals surface area contributed by atoms with Crippen LogP contribution < -0.4 is 0 Å². The average molecular weight is 254 g/mol. The standard InChI is InChI=1S/C14H26N2O2/c1-7-12(17)13-10(2)15-16(11(13)3)9-8-14(4,5)18-6/h12,17H,7-9H2,1-6H3. The van der Waals surface area contributed by atoms with Crippen molar-refractivity contribution in [2.24, 2.45) is 0 Å². The first-order chi connectivity index (χ1) is 8.32. The minimum atomic E-state index is -0.408. The zero-order chi connectivity index (χ0) is 13.9. The maximum atomic E-state index is 10.0. The molecular formula is C14H26N2O2. The van der Waals surface area contributed by atoms with E-state index in [1.807, 2.05) is 25.5 Å². The number of aromatic nitrogens is 2. The van der Waals surface area contributed by atoms with E-state index in [0.29, 0.717) is 0 Å². The summed E-state index contributed by atoms with van der Waals surface area (Å²) in [6.07, 6.45) is 1.21. The molecule has 0 aliphatic heterocycles. The lowest BCUT2D eigenvalue weighted by Crippen LogP contribution is -2.25. The number of aryl methyl sites for hydroxylation is 2. The highest BCUT2D eigenvalue weighted by molar-refractivity contribution is 5.26. The van der Waals surface area contributed by atoms with Crippen LogP contribution in [0.3, 0.4) is 0 Å². The van der Waals surface area contributed by atoms with Crippen molar-refractivity contribution in [3.63, 3.8) is 0 Å². The van der Waals surface area contributed by atoms with E-state index in [1.165, 1.54) is 0 Å². The third kappa shape index (κ3) is 3.33. The molecular weight excluding hydrogens is 228 g/mol. The van der Waals surface area contributed by atoms with Gasteiger partial charge in [-0.1, -0.05) is 6.92 Å². The molecule has 0 saturated heterocycles. The fraction of sp³-hybridized carbons (Fsp3) is 0.786. The highest BCUT2D eigenvalue weighted by Gasteiger charge is 2.20. The van der Waals surface area contributed by atoms with Gasteiger partial charge in [0.05, 0.1) is 17.4 Å². The van der Waals surface area contributed by atoms with E-state index >= 15 is 0 Å². The van der Waals surface area contributed by atoms with Crippen molar-refractivity contribution >= 4 is 0 Å². The summed E-state index contributed by atoms with van der Waals surface area (Å²) in [5, 5.41) is 14.5. The van der Waals surface area contributed by atoms with Gasteiger partial charge in [-0.3, -0.25) is 4.68 Å². The number of hydrogen-bond donors (Lipinski definition) is 1. The first-order valence-corrected chi connectivity index (χ1v) is 6.59. The molecule has 18 heavy (non-hydrogen) atoms. The molecule has 1 aromatic heterocycles. The van der Waals surface area contributed by atoms with E-state index in [4.69, 9.17) is 4.74 Å². The number of methoxy groups -OCH3 is 1. The van der Waals surface area contributed by atoms with E-state index in [-0.39, 0.29) is 5.60 Å². The van der Waals surface area contributed by atoms with Crippen LogP contribution in [0.25, 0.3) is 0 Å². The van der Waals surface area contributed by atoms with Gasteiger partial charge in [0.2, 0.25) is 0 Å². The van der Waals surface area contributed by atoms with Crippen LogP contribution in [0.15, 0.2) is 0 Å². The summed E-state index contributed by atoms with van der Waals surface area (Å²) >= 11 is 0. The summed E-state index contributed by atoms with van der Waals surface area (Å²) < 4.78 is 7.39. The van der Waals surface area contributed by atoms with Crippen LogP contribution in [-0.2, 0) is 11.3 Å². The summed E-state index contributed by atoms with van der Waals surface area (Å²) in [5.74, 6) is 0. The Kier molecular flexibility index (Phi) is 4.93. The number of ether oxygens (including phenoxy) is 1. The topological polar surface area (TPSA) is 47.3 Å². The molecule has 1 N–H and O–H groups in total. The van der Waals surface area contributed by atoms with Crippen molar-refractivity contribution in [2.75, 3.05) is 7.11 Å². The Hall–Kier alpha value is -0.870. The van der Waals surface area contributed by atoms with Crippen molar-refractivity contribution in [2.45, 2.75) is 65.7 Å². The predicted octanol–water partition coefficient (Wildman–Crippen LogP) is 2.76. The lowest BCUT2D eigenvalue weighted by molar-refractivity contribution is 0.0112. The van der Waals surface area contributed by atoms with Gasteiger partial charge in [-0.2, -0.15) is 5.10 Å². The van der Waals surface area contributed by atoms with E-state index < -0.39 is 6.10 Å². The maximum absolute atomic E-state index is 10.0. The molecule has 0 amide bonds. The summed E-state index contributed by atoms with van der Waals surface area (Å²) in [7, 11) is 1.73. The second-order valence-corrected chi connectivity index (χ2v) is 5.45. The highest BCUT2D eigenvalue weighted by Crippen LogP contribution is 2.24. The fourth-order valence-electron chi connectivity index (χ4n) is 2.09. The SMILES string of the molecule is CCC(O)c1c(C)nn(CCC(C)(C)OC)c1C. The van der Waals surface area contributed by atoms with Gasteiger partial charge in [-0.05, 0) is 40.5 Å². The summed E-state index contributed by atoms with van der Waals surface area (Å²) in [6, 6.07) is 0. The molecule has 0 bridgehead atoms. The van der Waals surface area contributed by atoms with Crippen molar-refractivity contribution in [3.05, 3.63) is 17.0 Å². The monoisotopic (exact) mass is 254 g/mol. The Bertz CT molecular complexity index is 397. The molecule has 1 heterocycles. The number of aliphatic hydroxyl groups excluding tert-OH is 1. The van der Waals surface area contributed by atoms with Crippen molar-refractivity contribution < 1.29 is 9.84 Å². The maximum Gasteiger partial charge on any atom is 0.0823 e. The summed E-state index contributed by atoms with van der Waals surface area (Å²) in [6.45, 7) is 10.9. The van der Waals surface area contributed by atoms with Crippen LogP contribution in [-0.4, -0.2) is 27.6 Å². The van der Waals surface area contributed by atoms with Gasteiger partial charge >= 0.3 is 0 Å². The van der Waals surface area contributed by atoms with E-state index in [2.05, 4.69) is 18.9 Å². The Morgan fingerprint density at radius 2 is 2.00 bits per heavy atom. The van der Waals surface area contributed by atoms with E-state index in [0.717, 1.165) is 36.3 Å². The zero-order valence-electron chi connectivity index (χ0n) is 12.4. The summed E-state index contributed by atoms with van der Waals surface area (Å²) in [4.78, 5) is 0. The lowest BCUT2D eigenvalue weighted by Gasteiger charge is -2.23. The minimum Gasteiger partial charge on any atom is -0.388 e. The molecule has 0 aromatic carbocycles. The molecule has 104 valence electrons. The summed E-state index contributed by atoms with van der Waals surface area (Å²) in [5.41, 5.74) is 2.83. The molecule has 1 unspecified atom stereocenters. The molecule has 0 radical (unpaired) electrons. The van der Waals surface area contributed by atoms with Crippen molar-refractivity contribution in [1.29, 1.82) is 0 Å². The van der Waals surface area contributed by atoms with Crippen LogP contribution in [0.1, 0.15) is 56.7 Å². The zero-order valence-corrected chi connectivity index (χ0v) is 12.4. The molecule has 4 nitrogen and oxygen atoms in total. The largest absolute Gasteiger partial charge is 0.388 e. The number of hydrogen-bond acceptors (Lipinski definition) is 3. The molecule has 0 saturated carbocycles. The molecule has 1 atom stereocenters. The highest BCUT2D eigenvalue weighted by atomic mass is 16.5. The molecule has 4 heteroatoms. The minimum absolute atomic E-state index is 0.143. The van der Waals surface area contributed by atoms with Gasteiger partial charge in [0.25, 0.3) is 0 Å². The molecule has 0 aliphatic carbocycles. The Morgan fingerprint density at radius 3 is 2.50 bits per heavy atom. The van der Waals surface area contributed by atoms with Crippen LogP contribution in [0.4, 0.5) is 0 Å². The molecule has 1 rings (SSSR count). The Balaban J connectivity index is 2.86. The number of rotatable bonds is 6. The normalized spacial score (nSPS) is 13.9. The average Bonchev–Trinajstić information content (AvgIpc) is 2.61. The second kappa shape index (κ2) is 5.85. The molecule has 0 fully saturated rings. The fourth-order valence-corrected chi connectivity index (χ4v) is 2.09. The quantitative estimate of drug-likeness (QED) is 0.849. The second-order valence-electron chi connectivity index (χ2n) is 5.45. The Morgan fingerprint density at radius 1 is 1.39 bits per heavy atom. The van der Waals surface area contributed by atoms with E-state index in [9.17, 15) is 5.11 Å². The first kappa shape index (κ1) is 15.2. The number of nitrogens with zero attached hydrogens (tertiary/aromatic N) is 2. The van der Waals surface area contributed by atoms with Crippen molar-refractivity contribution in [3.8, 4) is 0 Å². The van der Waals surface area contributed by atoms with Gasteiger partial charge in [0.15, 0.2) is 0 Å². The Labute approximate surface area is 110 Å². The van der Waals surface area contributed by atoms with Crippen LogP contribution in [0, 0.1) is 13.8 Å². The first-order valence-electron chi connectivity index (χ1n) is 6.59. The van der Waals surface area contributed by atoms with Gasteiger partial charge in [0, 0.05) is 24.9 Å².